The average Bonchev–Trinajstić information content (AvgIpc) is 2.37. The third-order valence-corrected chi connectivity index (χ3v) is 4.82. The van der Waals surface area contributed by atoms with Gasteiger partial charge >= 0.3 is 0 Å². The molecule has 0 bridgehead atoms. The molecule has 1 unspecified atom stereocenters. The van der Waals surface area contributed by atoms with Crippen molar-refractivity contribution in [3.05, 3.63) is 33.3 Å². The number of benzene rings is 1. The van der Waals surface area contributed by atoms with Crippen molar-refractivity contribution >= 4 is 27.5 Å². The second-order valence-corrected chi connectivity index (χ2v) is 6.69. The zero-order valence-electron chi connectivity index (χ0n) is 10.7. The predicted molar refractivity (Wildman–Crippen MR) is 79.9 cm³/mol. The van der Waals surface area contributed by atoms with Gasteiger partial charge in [-0.1, -0.05) is 53.7 Å². The molecule has 18 heavy (non-hydrogen) atoms. The normalized spacial score (nSPS) is 26.0. The number of rotatable bonds is 3. The number of halogens is 2. The van der Waals surface area contributed by atoms with Crippen LogP contribution in [0.25, 0.3) is 0 Å². The van der Waals surface area contributed by atoms with E-state index in [1.54, 1.807) is 0 Å². The summed E-state index contributed by atoms with van der Waals surface area (Å²) in [5.41, 5.74) is 0.939. The van der Waals surface area contributed by atoms with Gasteiger partial charge < -0.3 is 5.11 Å². The van der Waals surface area contributed by atoms with Gasteiger partial charge in [0.25, 0.3) is 0 Å². The summed E-state index contributed by atoms with van der Waals surface area (Å²) in [4.78, 5) is 0. The monoisotopic (exact) mass is 330 g/mol. The van der Waals surface area contributed by atoms with E-state index in [-0.39, 0.29) is 6.10 Å². The highest BCUT2D eigenvalue weighted by Gasteiger charge is 2.26. The summed E-state index contributed by atoms with van der Waals surface area (Å²) in [6, 6.07) is 5.71. The highest BCUT2D eigenvalue weighted by atomic mass is 79.9. The maximum atomic E-state index is 10.5. The SMILES string of the molecule is CCC1CCC(C(O)c2cc(Cl)cc(Br)c2)CC1. The van der Waals surface area contributed by atoms with E-state index >= 15 is 0 Å². The largest absolute Gasteiger partial charge is 0.388 e. The van der Waals surface area contributed by atoms with Crippen molar-refractivity contribution < 1.29 is 5.11 Å². The summed E-state index contributed by atoms with van der Waals surface area (Å²) < 4.78 is 0.936. The molecule has 0 aliphatic heterocycles. The van der Waals surface area contributed by atoms with Crippen LogP contribution < -0.4 is 0 Å². The molecule has 1 aliphatic rings. The van der Waals surface area contributed by atoms with Gasteiger partial charge in [0.05, 0.1) is 6.10 Å². The Kier molecular flexibility index (Phi) is 5.11. The van der Waals surface area contributed by atoms with Crippen molar-refractivity contribution in [3.8, 4) is 0 Å². The molecule has 1 N–H and O–H groups in total. The first-order valence-electron chi connectivity index (χ1n) is 6.74. The van der Waals surface area contributed by atoms with Crippen molar-refractivity contribution in [1.29, 1.82) is 0 Å². The molecule has 0 amide bonds. The molecule has 3 heteroatoms. The van der Waals surface area contributed by atoms with Crippen LogP contribution >= 0.6 is 27.5 Å². The Morgan fingerprint density at radius 1 is 1.28 bits per heavy atom. The Morgan fingerprint density at radius 2 is 1.94 bits per heavy atom. The minimum atomic E-state index is -0.377. The summed E-state index contributed by atoms with van der Waals surface area (Å²) in [5, 5.41) is 11.2. The van der Waals surface area contributed by atoms with Gasteiger partial charge in [0.1, 0.15) is 0 Å². The van der Waals surface area contributed by atoms with E-state index in [1.165, 1.54) is 19.3 Å². The van der Waals surface area contributed by atoms with Gasteiger partial charge in [-0.15, -0.1) is 0 Å². The quantitative estimate of drug-likeness (QED) is 0.791. The molecule has 100 valence electrons. The maximum Gasteiger partial charge on any atom is 0.0819 e. The van der Waals surface area contributed by atoms with Crippen molar-refractivity contribution in [2.24, 2.45) is 11.8 Å². The molecule has 1 aliphatic carbocycles. The first-order chi connectivity index (χ1) is 8.60. The van der Waals surface area contributed by atoms with E-state index < -0.39 is 0 Å². The van der Waals surface area contributed by atoms with E-state index in [0.29, 0.717) is 10.9 Å². The van der Waals surface area contributed by atoms with Crippen LogP contribution in [0, 0.1) is 11.8 Å². The Bertz CT molecular complexity index is 379. The van der Waals surface area contributed by atoms with Gasteiger partial charge in [-0.25, -0.2) is 0 Å². The predicted octanol–water partition coefficient (Wildman–Crippen LogP) is 5.35. The third-order valence-electron chi connectivity index (χ3n) is 4.14. The van der Waals surface area contributed by atoms with Gasteiger partial charge in [-0.05, 0) is 48.4 Å². The van der Waals surface area contributed by atoms with Gasteiger partial charge in [-0.3, -0.25) is 0 Å². The molecule has 1 saturated carbocycles. The van der Waals surface area contributed by atoms with Crippen molar-refractivity contribution in [2.45, 2.75) is 45.1 Å². The van der Waals surface area contributed by atoms with E-state index in [4.69, 9.17) is 11.6 Å². The van der Waals surface area contributed by atoms with Crippen LogP contribution in [0.15, 0.2) is 22.7 Å². The highest BCUT2D eigenvalue weighted by Crippen LogP contribution is 2.38. The minimum Gasteiger partial charge on any atom is -0.388 e. The molecular weight excluding hydrogens is 312 g/mol. The van der Waals surface area contributed by atoms with E-state index in [2.05, 4.69) is 22.9 Å². The molecule has 1 nitrogen and oxygen atoms in total. The fraction of sp³-hybridized carbons (Fsp3) is 0.600. The number of hydrogen-bond acceptors (Lipinski definition) is 1. The van der Waals surface area contributed by atoms with E-state index in [9.17, 15) is 5.11 Å². The second kappa shape index (κ2) is 6.40. The summed E-state index contributed by atoms with van der Waals surface area (Å²) >= 11 is 9.47. The van der Waals surface area contributed by atoms with Crippen LogP contribution in [0.5, 0.6) is 0 Å². The van der Waals surface area contributed by atoms with Gasteiger partial charge in [0.2, 0.25) is 0 Å². The van der Waals surface area contributed by atoms with E-state index in [1.807, 2.05) is 18.2 Å². The zero-order valence-corrected chi connectivity index (χ0v) is 13.0. The van der Waals surface area contributed by atoms with Crippen LogP contribution in [0.1, 0.15) is 50.7 Å². The molecule has 1 aromatic carbocycles. The van der Waals surface area contributed by atoms with Crippen molar-refractivity contribution in [1.82, 2.24) is 0 Å². The molecule has 0 spiro atoms. The molecule has 0 heterocycles. The van der Waals surface area contributed by atoms with Crippen LogP contribution in [-0.4, -0.2) is 5.11 Å². The van der Waals surface area contributed by atoms with Gasteiger partial charge in [0.15, 0.2) is 0 Å². The van der Waals surface area contributed by atoms with Crippen LogP contribution in [-0.2, 0) is 0 Å². The van der Waals surface area contributed by atoms with Gasteiger partial charge in [0, 0.05) is 9.50 Å². The summed E-state index contributed by atoms with van der Waals surface area (Å²) in [7, 11) is 0. The Balaban J connectivity index is 2.05. The van der Waals surface area contributed by atoms with Crippen LogP contribution in [0.3, 0.4) is 0 Å². The average molecular weight is 332 g/mol. The summed E-state index contributed by atoms with van der Waals surface area (Å²) in [6.07, 6.45) is 5.65. The lowest BCUT2D eigenvalue weighted by atomic mass is 9.77. The number of hydrogen-bond donors (Lipinski definition) is 1. The summed E-state index contributed by atoms with van der Waals surface area (Å²) in [5.74, 6) is 1.25. The highest BCUT2D eigenvalue weighted by molar-refractivity contribution is 9.10. The molecule has 0 saturated heterocycles. The fourth-order valence-electron chi connectivity index (χ4n) is 2.93. The first kappa shape index (κ1) is 14.4. The molecule has 1 atom stereocenters. The number of aliphatic hydroxyl groups is 1. The van der Waals surface area contributed by atoms with Gasteiger partial charge in [-0.2, -0.15) is 0 Å². The molecule has 2 rings (SSSR count). The molecule has 0 radical (unpaired) electrons. The lowest BCUT2D eigenvalue weighted by Gasteiger charge is -2.31. The Hall–Kier alpha value is -0.0500. The molecule has 0 aromatic heterocycles. The maximum absolute atomic E-state index is 10.5. The van der Waals surface area contributed by atoms with Crippen LogP contribution in [0.4, 0.5) is 0 Å². The van der Waals surface area contributed by atoms with Crippen molar-refractivity contribution in [2.75, 3.05) is 0 Å². The minimum absolute atomic E-state index is 0.377. The summed E-state index contributed by atoms with van der Waals surface area (Å²) in [6.45, 7) is 2.26. The standard InChI is InChI=1S/C15H20BrClO/c1-2-10-3-5-11(6-4-10)15(18)12-7-13(16)9-14(17)8-12/h7-11,15,18H,2-6H2,1H3. The molecule has 1 aromatic rings. The Labute approximate surface area is 123 Å². The molecular formula is C15H20BrClO. The smallest absolute Gasteiger partial charge is 0.0819 e. The number of aliphatic hydroxyl groups excluding tert-OH is 1. The van der Waals surface area contributed by atoms with E-state index in [0.717, 1.165) is 28.8 Å². The zero-order chi connectivity index (χ0) is 13.1. The molecule has 1 fully saturated rings. The Morgan fingerprint density at radius 3 is 2.50 bits per heavy atom. The lowest BCUT2D eigenvalue weighted by molar-refractivity contribution is 0.0729. The third kappa shape index (κ3) is 3.49. The second-order valence-electron chi connectivity index (χ2n) is 5.34. The lowest BCUT2D eigenvalue weighted by Crippen LogP contribution is -2.20. The fourth-order valence-corrected chi connectivity index (χ4v) is 3.82. The first-order valence-corrected chi connectivity index (χ1v) is 7.91. The van der Waals surface area contributed by atoms with Crippen LogP contribution in [0.2, 0.25) is 5.02 Å². The topological polar surface area (TPSA) is 20.2 Å². The van der Waals surface area contributed by atoms with Crippen molar-refractivity contribution in [3.63, 3.8) is 0 Å².